The number of para-hydroxylation sites is 2. The number of benzene rings is 1. The number of ether oxygens (including phenoxy) is 1. The van der Waals surface area contributed by atoms with Crippen molar-refractivity contribution in [3.63, 3.8) is 0 Å². The van der Waals surface area contributed by atoms with Crippen molar-refractivity contribution in [1.82, 2.24) is 0 Å². The van der Waals surface area contributed by atoms with Crippen molar-refractivity contribution in [3.8, 4) is 0 Å². The lowest BCUT2D eigenvalue weighted by atomic mass is 10.2. The number of allylic oxidation sites excluding steroid dienone is 1. The van der Waals surface area contributed by atoms with Gasteiger partial charge in [-0.05, 0) is 51.8 Å². The Kier molecular flexibility index (Phi) is 8.45. The van der Waals surface area contributed by atoms with Gasteiger partial charge in [0.25, 0.3) is 10.1 Å². The van der Waals surface area contributed by atoms with E-state index in [0.29, 0.717) is 24.2 Å². The smallest absolute Gasteiger partial charge is 0.412 e. The Balaban J connectivity index is 2.54. The van der Waals surface area contributed by atoms with E-state index >= 15 is 0 Å². The second-order valence-corrected chi connectivity index (χ2v) is 8.38. The van der Waals surface area contributed by atoms with Crippen LogP contribution >= 0.6 is 0 Å². The Hall–Kier alpha value is -2.39. The highest BCUT2D eigenvalue weighted by Crippen LogP contribution is 2.22. The van der Waals surface area contributed by atoms with Gasteiger partial charge in [-0.3, -0.25) is 14.3 Å². The minimum atomic E-state index is -3.44. The molecule has 27 heavy (non-hydrogen) atoms. The van der Waals surface area contributed by atoms with Gasteiger partial charge in [0.2, 0.25) is 5.91 Å². The quantitative estimate of drug-likeness (QED) is 0.395. The van der Waals surface area contributed by atoms with E-state index in [-0.39, 0.29) is 12.5 Å². The lowest BCUT2D eigenvalue weighted by Gasteiger charge is -2.20. The molecule has 150 valence electrons. The van der Waals surface area contributed by atoms with Gasteiger partial charge in [-0.2, -0.15) is 8.42 Å². The van der Waals surface area contributed by atoms with Crippen LogP contribution in [0.3, 0.4) is 0 Å². The van der Waals surface area contributed by atoms with Crippen molar-refractivity contribution in [2.24, 2.45) is 0 Å². The van der Waals surface area contributed by atoms with Gasteiger partial charge >= 0.3 is 6.09 Å². The molecule has 0 fully saturated rings. The summed E-state index contributed by atoms with van der Waals surface area (Å²) in [4.78, 5) is 23.9. The maximum Gasteiger partial charge on any atom is 0.412 e. The maximum atomic E-state index is 12.0. The Labute approximate surface area is 160 Å². The third-order valence-electron chi connectivity index (χ3n) is 2.90. The summed E-state index contributed by atoms with van der Waals surface area (Å²) in [6.07, 6.45) is 4.27. The van der Waals surface area contributed by atoms with Crippen LogP contribution in [0.5, 0.6) is 0 Å². The van der Waals surface area contributed by atoms with Gasteiger partial charge in [0, 0.05) is 0 Å². The van der Waals surface area contributed by atoms with E-state index in [2.05, 4.69) is 14.8 Å². The van der Waals surface area contributed by atoms with Crippen molar-refractivity contribution in [1.29, 1.82) is 0 Å². The van der Waals surface area contributed by atoms with E-state index in [4.69, 9.17) is 4.74 Å². The molecule has 1 rings (SSSR count). The molecule has 0 bridgehead atoms. The SMILES string of the molecule is CC(C)(C)OC(=O)Nc1ccccc1NC(=O)/C=C/CCCOS(C)(=O)=O. The number of anilines is 2. The Morgan fingerprint density at radius 2 is 1.70 bits per heavy atom. The van der Waals surface area contributed by atoms with Crippen molar-refractivity contribution in [2.75, 3.05) is 23.5 Å². The molecule has 0 aliphatic carbocycles. The standard InChI is InChI=1S/C18H26N2O6S/c1-18(2,3)26-17(22)20-15-11-8-7-10-14(15)19-16(21)12-6-5-9-13-25-27(4,23)24/h6-8,10-12H,5,9,13H2,1-4H3,(H,19,21)(H,20,22)/b12-6+. The van der Waals surface area contributed by atoms with Crippen LogP contribution in [-0.4, -0.2) is 38.9 Å². The fraction of sp³-hybridized carbons (Fsp3) is 0.444. The average Bonchev–Trinajstić information content (AvgIpc) is 2.49. The number of amides is 2. The van der Waals surface area contributed by atoms with E-state index < -0.39 is 21.8 Å². The molecule has 8 nitrogen and oxygen atoms in total. The molecule has 0 spiro atoms. The molecule has 0 saturated heterocycles. The topological polar surface area (TPSA) is 111 Å². The predicted octanol–water partition coefficient (Wildman–Crippen LogP) is 3.28. The first-order valence-electron chi connectivity index (χ1n) is 8.37. The molecule has 0 aliphatic heterocycles. The number of nitrogens with one attached hydrogen (secondary N) is 2. The van der Waals surface area contributed by atoms with Gasteiger partial charge in [0.15, 0.2) is 0 Å². The molecule has 0 saturated carbocycles. The number of hydrogen-bond acceptors (Lipinski definition) is 6. The van der Waals surface area contributed by atoms with E-state index in [1.165, 1.54) is 6.08 Å². The summed E-state index contributed by atoms with van der Waals surface area (Å²) in [5, 5.41) is 5.27. The summed E-state index contributed by atoms with van der Waals surface area (Å²) in [5.41, 5.74) is 0.208. The summed E-state index contributed by atoms with van der Waals surface area (Å²) in [5.74, 6) is -0.377. The molecule has 9 heteroatoms. The van der Waals surface area contributed by atoms with Crippen molar-refractivity contribution < 1.29 is 26.9 Å². The fourth-order valence-corrected chi connectivity index (χ4v) is 2.31. The normalized spacial score (nSPS) is 12.0. The van der Waals surface area contributed by atoms with Crippen LogP contribution in [0.1, 0.15) is 33.6 Å². The van der Waals surface area contributed by atoms with Gasteiger partial charge in [0.05, 0.1) is 24.2 Å². The molecule has 1 aromatic rings. The van der Waals surface area contributed by atoms with Crippen molar-refractivity contribution >= 4 is 33.5 Å². The highest BCUT2D eigenvalue weighted by atomic mass is 32.2. The van der Waals surface area contributed by atoms with E-state index in [1.807, 2.05) is 0 Å². The Morgan fingerprint density at radius 3 is 2.26 bits per heavy atom. The van der Waals surface area contributed by atoms with Gasteiger partial charge in [-0.25, -0.2) is 4.79 Å². The third kappa shape index (κ3) is 11.0. The molecular weight excluding hydrogens is 372 g/mol. The molecule has 0 radical (unpaired) electrons. The zero-order valence-electron chi connectivity index (χ0n) is 15.9. The Bertz CT molecular complexity index is 781. The highest BCUT2D eigenvalue weighted by molar-refractivity contribution is 7.85. The first-order chi connectivity index (χ1) is 12.5. The van der Waals surface area contributed by atoms with Gasteiger partial charge in [0.1, 0.15) is 5.60 Å². The molecule has 0 unspecified atom stereocenters. The number of unbranched alkanes of at least 4 members (excludes halogenated alkanes) is 1. The molecule has 0 atom stereocenters. The van der Waals surface area contributed by atoms with Crippen LogP contribution in [0.25, 0.3) is 0 Å². The first-order valence-corrected chi connectivity index (χ1v) is 10.2. The molecule has 0 aromatic heterocycles. The summed E-state index contributed by atoms with van der Waals surface area (Å²) < 4.78 is 31.4. The maximum absolute atomic E-state index is 12.0. The summed E-state index contributed by atoms with van der Waals surface area (Å²) in [7, 11) is -3.44. The van der Waals surface area contributed by atoms with E-state index in [0.717, 1.165) is 6.26 Å². The summed E-state index contributed by atoms with van der Waals surface area (Å²) in [6.45, 7) is 5.33. The minimum Gasteiger partial charge on any atom is -0.444 e. The lowest BCUT2D eigenvalue weighted by molar-refractivity contribution is -0.111. The highest BCUT2D eigenvalue weighted by Gasteiger charge is 2.17. The van der Waals surface area contributed by atoms with Crippen LogP contribution in [0.2, 0.25) is 0 Å². The zero-order valence-corrected chi connectivity index (χ0v) is 16.8. The summed E-state index contributed by atoms with van der Waals surface area (Å²) in [6, 6.07) is 6.74. The predicted molar refractivity (Wildman–Crippen MR) is 104 cm³/mol. The van der Waals surface area contributed by atoms with Crippen LogP contribution in [-0.2, 0) is 23.8 Å². The Morgan fingerprint density at radius 1 is 1.11 bits per heavy atom. The third-order valence-corrected chi connectivity index (χ3v) is 3.50. The van der Waals surface area contributed by atoms with Gasteiger partial charge in [-0.1, -0.05) is 18.2 Å². The van der Waals surface area contributed by atoms with E-state index in [1.54, 1.807) is 51.1 Å². The van der Waals surface area contributed by atoms with Crippen molar-refractivity contribution in [2.45, 2.75) is 39.2 Å². The zero-order chi connectivity index (χ0) is 20.5. The van der Waals surface area contributed by atoms with Crippen LogP contribution in [0.15, 0.2) is 36.4 Å². The molecule has 2 N–H and O–H groups in total. The molecular formula is C18H26N2O6S. The molecule has 0 aliphatic rings. The number of carbonyl (C=O) groups is 2. The van der Waals surface area contributed by atoms with Gasteiger partial charge < -0.3 is 10.1 Å². The number of carbonyl (C=O) groups excluding carboxylic acids is 2. The summed E-state index contributed by atoms with van der Waals surface area (Å²) >= 11 is 0. The van der Waals surface area contributed by atoms with Crippen molar-refractivity contribution in [3.05, 3.63) is 36.4 Å². The molecule has 1 aromatic carbocycles. The second-order valence-electron chi connectivity index (χ2n) is 6.73. The number of hydrogen-bond donors (Lipinski definition) is 2. The van der Waals surface area contributed by atoms with Gasteiger partial charge in [-0.15, -0.1) is 0 Å². The molecule has 2 amide bonds. The van der Waals surface area contributed by atoms with Crippen LogP contribution < -0.4 is 10.6 Å². The second kappa shape index (κ2) is 10.1. The fourth-order valence-electron chi connectivity index (χ4n) is 1.89. The first kappa shape index (κ1) is 22.7. The molecule has 0 heterocycles. The minimum absolute atomic E-state index is 0.0629. The monoisotopic (exact) mass is 398 g/mol. The van der Waals surface area contributed by atoms with E-state index in [9.17, 15) is 18.0 Å². The lowest BCUT2D eigenvalue weighted by Crippen LogP contribution is -2.27. The largest absolute Gasteiger partial charge is 0.444 e. The van der Waals surface area contributed by atoms with Crippen LogP contribution in [0.4, 0.5) is 16.2 Å². The number of rotatable bonds is 8. The average molecular weight is 398 g/mol. The van der Waals surface area contributed by atoms with Crippen LogP contribution in [0, 0.1) is 0 Å².